The number of ketones is 1. The lowest BCUT2D eigenvalue weighted by Crippen LogP contribution is -2.42. The maximum absolute atomic E-state index is 13.0. The second-order valence-corrected chi connectivity index (χ2v) is 9.28. The summed E-state index contributed by atoms with van der Waals surface area (Å²) in [6.07, 6.45) is 0.308. The molecule has 180 valence electrons. The molecule has 1 heterocycles. The van der Waals surface area contributed by atoms with E-state index in [1.54, 1.807) is 53.4 Å². The van der Waals surface area contributed by atoms with Gasteiger partial charge in [0.05, 0.1) is 6.04 Å². The Hall–Kier alpha value is -3.39. The van der Waals surface area contributed by atoms with Crippen molar-refractivity contribution < 1.29 is 14.4 Å². The van der Waals surface area contributed by atoms with Crippen LogP contribution in [0.4, 0.5) is 16.2 Å². The SMILES string of the molecule is CC(=O)c1ccc(NC(=O)Nc2ccc3c(c2)CN(C(=O)C(N)Cc2ccc(Cl)cc2Cl)C3)cc1. The van der Waals surface area contributed by atoms with Crippen LogP contribution in [0.5, 0.6) is 0 Å². The van der Waals surface area contributed by atoms with E-state index < -0.39 is 12.1 Å². The molecule has 1 atom stereocenters. The Labute approximate surface area is 213 Å². The van der Waals surface area contributed by atoms with E-state index in [4.69, 9.17) is 28.9 Å². The number of benzene rings is 3. The van der Waals surface area contributed by atoms with E-state index in [-0.39, 0.29) is 11.7 Å². The van der Waals surface area contributed by atoms with Crippen LogP contribution >= 0.6 is 23.2 Å². The molecule has 3 amide bonds. The van der Waals surface area contributed by atoms with E-state index in [0.717, 1.165) is 16.7 Å². The van der Waals surface area contributed by atoms with Crippen LogP contribution < -0.4 is 16.4 Å². The number of nitrogens with two attached hydrogens (primary N) is 1. The number of urea groups is 1. The van der Waals surface area contributed by atoms with Gasteiger partial charge in [0.15, 0.2) is 5.78 Å². The van der Waals surface area contributed by atoms with E-state index in [2.05, 4.69) is 10.6 Å². The number of Topliss-reactive ketones (excluding diaryl/α,β-unsaturated/α-hetero) is 1. The number of fused-ring (bicyclic) bond motifs is 1. The molecular weight excluding hydrogens is 487 g/mol. The Morgan fingerprint density at radius 3 is 2.26 bits per heavy atom. The molecule has 0 radical (unpaired) electrons. The minimum atomic E-state index is -0.735. The molecule has 0 saturated carbocycles. The number of nitrogens with one attached hydrogen (secondary N) is 2. The standard InChI is InChI=1S/C26H24Cl2N4O3/c1-15(33)16-3-7-21(8-4-16)30-26(35)31-22-9-5-18-13-32(14-19(18)10-22)25(34)24(29)11-17-2-6-20(27)12-23(17)28/h2-10,12,24H,11,13-14,29H2,1H3,(H2,30,31,35). The summed E-state index contributed by atoms with van der Waals surface area (Å²) in [7, 11) is 0. The molecule has 0 bridgehead atoms. The summed E-state index contributed by atoms with van der Waals surface area (Å²) >= 11 is 12.2. The van der Waals surface area contributed by atoms with Gasteiger partial charge in [0.25, 0.3) is 0 Å². The number of halogens is 2. The fraction of sp³-hybridized carbons (Fsp3) is 0.192. The van der Waals surface area contributed by atoms with Crippen molar-refractivity contribution >= 4 is 52.3 Å². The molecule has 1 aliphatic rings. The average Bonchev–Trinajstić information content (AvgIpc) is 3.24. The van der Waals surface area contributed by atoms with Gasteiger partial charge in [0.2, 0.25) is 5.91 Å². The van der Waals surface area contributed by atoms with Crippen LogP contribution in [0.15, 0.2) is 60.7 Å². The first-order valence-corrected chi connectivity index (χ1v) is 11.7. The summed E-state index contributed by atoms with van der Waals surface area (Å²) in [5.41, 5.74) is 10.7. The van der Waals surface area contributed by atoms with Crippen molar-refractivity contribution in [2.75, 3.05) is 10.6 Å². The fourth-order valence-electron chi connectivity index (χ4n) is 3.96. The number of anilines is 2. The first-order valence-electron chi connectivity index (χ1n) is 11.0. The maximum atomic E-state index is 13.0. The van der Waals surface area contributed by atoms with Gasteiger partial charge in [0, 0.05) is 40.1 Å². The van der Waals surface area contributed by atoms with E-state index in [0.29, 0.717) is 46.5 Å². The van der Waals surface area contributed by atoms with Gasteiger partial charge in [-0.15, -0.1) is 0 Å². The zero-order valence-corrected chi connectivity index (χ0v) is 20.5. The van der Waals surface area contributed by atoms with Crippen LogP contribution in [0.25, 0.3) is 0 Å². The Morgan fingerprint density at radius 2 is 1.57 bits per heavy atom. The molecule has 3 aromatic carbocycles. The predicted octanol–water partition coefficient (Wildman–Crippen LogP) is 5.25. The Kier molecular flexibility index (Phi) is 7.40. The Morgan fingerprint density at radius 1 is 0.914 bits per heavy atom. The first-order chi connectivity index (χ1) is 16.7. The molecular formula is C26H24Cl2N4O3. The summed E-state index contributed by atoms with van der Waals surface area (Å²) in [4.78, 5) is 38.4. The van der Waals surface area contributed by atoms with Gasteiger partial charge in [-0.05, 0) is 78.6 Å². The molecule has 3 aromatic rings. The number of hydrogen-bond acceptors (Lipinski definition) is 4. The quantitative estimate of drug-likeness (QED) is 0.393. The number of carbonyl (C=O) groups excluding carboxylic acids is 3. The van der Waals surface area contributed by atoms with Crippen LogP contribution in [0.2, 0.25) is 10.0 Å². The summed E-state index contributed by atoms with van der Waals surface area (Å²) in [6, 6.07) is 16.2. The molecule has 0 aliphatic carbocycles. The predicted molar refractivity (Wildman–Crippen MR) is 138 cm³/mol. The van der Waals surface area contributed by atoms with Gasteiger partial charge in [-0.1, -0.05) is 35.3 Å². The third-order valence-electron chi connectivity index (χ3n) is 5.82. The zero-order chi connectivity index (χ0) is 25.1. The second kappa shape index (κ2) is 10.5. The molecule has 1 aliphatic heterocycles. The minimum absolute atomic E-state index is 0.0404. The first kappa shape index (κ1) is 24.7. The maximum Gasteiger partial charge on any atom is 0.323 e. The normalized spacial score (nSPS) is 13.2. The summed E-state index contributed by atoms with van der Waals surface area (Å²) < 4.78 is 0. The lowest BCUT2D eigenvalue weighted by molar-refractivity contribution is -0.133. The van der Waals surface area contributed by atoms with Crippen molar-refractivity contribution in [3.8, 4) is 0 Å². The van der Waals surface area contributed by atoms with E-state index in [9.17, 15) is 14.4 Å². The molecule has 0 saturated heterocycles. The number of carbonyl (C=O) groups is 3. The lowest BCUT2D eigenvalue weighted by Gasteiger charge is -2.20. The molecule has 1 unspecified atom stereocenters. The van der Waals surface area contributed by atoms with Crippen LogP contribution in [0.1, 0.15) is 34.0 Å². The largest absolute Gasteiger partial charge is 0.333 e. The van der Waals surface area contributed by atoms with Gasteiger partial charge in [-0.3, -0.25) is 9.59 Å². The van der Waals surface area contributed by atoms with Crippen molar-refractivity contribution in [3.63, 3.8) is 0 Å². The van der Waals surface area contributed by atoms with Crippen molar-refractivity contribution in [2.45, 2.75) is 32.5 Å². The van der Waals surface area contributed by atoms with Gasteiger partial charge >= 0.3 is 6.03 Å². The van der Waals surface area contributed by atoms with Crippen molar-refractivity contribution in [2.24, 2.45) is 5.73 Å². The van der Waals surface area contributed by atoms with Crippen LogP contribution in [-0.4, -0.2) is 28.7 Å². The van der Waals surface area contributed by atoms with Gasteiger partial charge in [-0.25, -0.2) is 4.79 Å². The Bertz CT molecular complexity index is 1290. The van der Waals surface area contributed by atoms with Gasteiger partial charge in [0.1, 0.15) is 0 Å². The smallest absolute Gasteiger partial charge is 0.323 e. The molecule has 4 N–H and O–H groups in total. The highest BCUT2D eigenvalue weighted by atomic mass is 35.5. The number of amides is 3. The highest BCUT2D eigenvalue weighted by Crippen LogP contribution is 2.27. The van der Waals surface area contributed by atoms with Crippen LogP contribution in [-0.2, 0) is 24.3 Å². The fourth-order valence-corrected chi connectivity index (χ4v) is 4.44. The Balaban J connectivity index is 1.35. The molecule has 0 fully saturated rings. The van der Waals surface area contributed by atoms with E-state index in [1.165, 1.54) is 6.92 Å². The van der Waals surface area contributed by atoms with Crippen LogP contribution in [0.3, 0.4) is 0 Å². The molecule has 4 rings (SSSR count). The average molecular weight is 511 g/mol. The van der Waals surface area contributed by atoms with E-state index >= 15 is 0 Å². The van der Waals surface area contributed by atoms with Gasteiger partial charge < -0.3 is 21.3 Å². The summed E-state index contributed by atoms with van der Waals surface area (Å²) in [5.74, 6) is -0.213. The monoisotopic (exact) mass is 510 g/mol. The molecule has 9 heteroatoms. The summed E-state index contributed by atoms with van der Waals surface area (Å²) in [5, 5.41) is 6.54. The lowest BCUT2D eigenvalue weighted by atomic mass is 10.1. The number of hydrogen-bond donors (Lipinski definition) is 3. The van der Waals surface area contributed by atoms with Crippen LogP contribution in [0, 0.1) is 0 Å². The highest BCUT2D eigenvalue weighted by Gasteiger charge is 2.28. The van der Waals surface area contributed by atoms with Crippen molar-refractivity contribution in [3.05, 3.63) is 93.0 Å². The van der Waals surface area contributed by atoms with Crippen molar-refractivity contribution in [1.82, 2.24) is 4.90 Å². The third kappa shape index (κ3) is 6.00. The zero-order valence-electron chi connectivity index (χ0n) is 19.0. The topological polar surface area (TPSA) is 105 Å². The molecule has 0 aromatic heterocycles. The van der Waals surface area contributed by atoms with Gasteiger partial charge in [-0.2, -0.15) is 0 Å². The minimum Gasteiger partial charge on any atom is -0.333 e. The van der Waals surface area contributed by atoms with Crippen molar-refractivity contribution in [1.29, 1.82) is 0 Å². The highest BCUT2D eigenvalue weighted by molar-refractivity contribution is 6.35. The second-order valence-electron chi connectivity index (χ2n) is 8.44. The molecule has 35 heavy (non-hydrogen) atoms. The molecule has 0 spiro atoms. The third-order valence-corrected chi connectivity index (χ3v) is 6.41. The van der Waals surface area contributed by atoms with E-state index in [1.807, 2.05) is 12.1 Å². The number of nitrogens with zero attached hydrogens (tertiary/aromatic N) is 1. The summed E-state index contributed by atoms with van der Waals surface area (Å²) in [6.45, 7) is 2.34. The number of rotatable bonds is 6. The molecule has 7 nitrogen and oxygen atoms in total.